The molecule has 1 unspecified atom stereocenters. The summed E-state index contributed by atoms with van der Waals surface area (Å²) in [7, 11) is 0. The lowest BCUT2D eigenvalue weighted by atomic mass is 9.89. The summed E-state index contributed by atoms with van der Waals surface area (Å²) in [5, 5.41) is 1.25. The Bertz CT molecular complexity index is 1080. The van der Waals surface area contributed by atoms with Crippen LogP contribution in [0.4, 0.5) is 0 Å². The predicted octanol–water partition coefficient (Wildman–Crippen LogP) is 3.19. The molecule has 1 aromatic carbocycles. The Hall–Kier alpha value is -2.64. The van der Waals surface area contributed by atoms with E-state index in [0.717, 1.165) is 75.6 Å². The minimum Gasteiger partial charge on any atom is -0.378 e. The van der Waals surface area contributed by atoms with Gasteiger partial charge in [-0.05, 0) is 24.5 Å². The molecule has 1 fully saturated rings. The topological polar surface area (TPSA) is 89.2 Å². The van der Waals surface area contributed by atoms with Gasteiger partial charge in [0.05, 0.1) is 31.5 Å². The van der Waals surface area contributed by atoms with Crippen LogP contribution in [0.1, 0.15) is 59.7 Å². The first-order valence-corrected chi connectivity index (χ1v) is 11.4. The molecule has 4 heterocycles. The molecule has 0 radical (unpaired) electrons. The number of benzene rings is 1. The van der Waals surface area contributed by atoms with E-state index in [1.165, 1.54) is 10.9 Å². The number of carbonyl (C=O) groups is 1. The lowest BCUT2D eigenvalue weighted by Gasteiger charge is -2.39. The van der Waals surface area contributed by atoms with Crippen LogP contribution in [0.25, 0.3) is 10.9 Å². The number of aromatic nitrogens is 3. The van der Waals surface area contributed by atoms with E-state index in [1.54, 1.807) is 0 Å². The second-order valence-electron chi connectivity index (χ2n) is 8.84. The normalized spacial score (nSPS) is 18.1. The number of ether oxygens (including phenoxy) is 1. The summed E-state index contributed by atoms with van der Waals surface area (Å²) in [6.07, 6.45) is 6.22. The molecule has 2 aliphatic rings. The van der Waals surface area contributed by atoms with E-state index in [0.29, 0.717) is 11.7 Å². The molecule has 7 heteroatoms. The summed E-state index contributed by atoms with van der Waals surface area (Å²) in [6, 6.07) is 8.86. The maximum Gasteiger partial charge on any atom is 0.269 e. The number of nitrogens with two attached hydrogens (primary N) is 1. The predicted molar refractivity (Wildman–Crippen MR) is 120 cm³/mol. The quantitative estimate of drug-likeness (QED) is 0.585. The SMILES string of the molecule is CCCCC(Cc1c[nH]c2ccccc12)c1c(C(N)=O)nc2n1CCN(C1COC1)C2. The molecule has 5 rings (SSSR count). The zero-order valence-corrected chi connectivity index (χ0v) is 18.1. The lowest BCUT2D eigenvalue weighted by molar-refractivity contribution is -0.0736. The molecule has 0 aliphatic carbocycles. The van der Waals surface area contributed by atoms with Crippen molar-refractivity contribution in [1.29, 1.82) is 0 Å². The minimum absolute atomic E-state index is 0.210. The average Bonchev–Trinajstić information content (AvgIpc) is 3.31. The monoisotopic (exact) mass is 421 g/mol. The third kappa shape index (κ3) is 3.77. The zero-order valence-electron chi connectivity index (χ0n) is 18.1. The fraction of sp³-hybridized carbons (Fsp3) is 0.500. The van der Waals surface area contributed by atoms with E-state index in [9.17, 15) is 4.79 Å². The number of carbonyl (C=O) groups excluding carboxylic acids is 1. The minimum atomic E-state index is -0.421. The Kier molecular flexibility index (Phi) is 5.54. The van der Waals surface area contributed by atoms with Gasteiger partial charge in [-0.1, -0.05) is 38.0 Å². The van der Waals surface area contributed by atoms with E-state index < -0.39 is 5.91 Å². The van der Waals surface area contributed by atoms with Gasteiger partial charge in [-0.2, -0.15) is 0 Å². The van der Waals surface area contributed by atoms with Crippen LogP contribution in [-0.2, 0) is 24.2 Å². The highest BCUT2D eigenvalue weighted by Gasteiger charge is 2.34. The third-order valence-corrected chi connectivity index (χ3v) is 6.85. The second kappa shape index (κ2) is 8.48. The number of hydrogen-bond donors (Lipinski definition) is 2. The number of hydrogen-bond acceptors (Lipinski definition) is 4. The summed E-state index contributed by atoms with van der Waals surface area (Å²) in [6.45, 7) is 6.34. The average molecular weight is 422 g/mol. The van der Waals surface area contributed by atoms with Gasteiger partial charge >= 0.3 is 0 Å². The van der Waals surface area contributed by atoms with Crippen molar-refractivity contribution in [3.05, 3.63) is 53.2 Å². The molecule has 1 atom stereocenters. The first-order valence-electron chi connectivity index (χ1n) is 11.4. The van der Waals surface area contributed by atoms with E-state index in [4.69, 9.17) is 15.5 Å². The van der Waals surface area contributed by atoms with Crippen LogP contribution >= 0.6 is 0 Å². The van der Waals surface area contributed by atoms with Gasteiger partial charge in [0.15, 0.2) is 0 Å². The highest BCUT2D eigenvalue weighted by Crippen LogP contribution is 2.34. The van der Waals surface area contributed by atoms with E-state index in [-0.39, 0.29) is 5.92 Å². The fourth-order valence-electron chi connectivity index (χ4n) is 5.07. The molecule has 1 amide bonds. The number of unbranched alkanes of at least 4 members (excludes halogenated alkanes) is 1. The van der Waals surface area contributed by atoms with Gasteiger partial charge < -0.3 is 20.0 Å². The Morgan fingerprint density at radius 1 is 1.32 bits per heavy atom. The van der Waals surface area contributed by atoms with Crippen molar-refractivity contribution < 1.29 is 9.53 Å². The van der Waals surface area contributed by atoms with Crippen LogP contribution in [0.3, 0.4) is 0 Å². The third-order valence-electron chi connectivity index (χ3n) is 6.85. The first kappa shape index (κ1) is 20.3. The molecular formula is C24H31N5O2. The first-order chi connectivity index (χ1) is 15.2. The van der Waals surface area contributed by atoms with Crippen molar-refractivity contribution in [2.45, 2.75) is 57.7 Å². The van der Waals surface area contributed by atoms with Crippen LogP contribution in [0.15, 0.2) is 30.5 Å². The second-order valence-corrected chi connectivity index (χ2v) is 8.84. The highest BCUT2D eigenvalue weighted by atomic mass is 16.5. The Morgan fingerprint density at radius 2 is 2.16 bits per heavy atom. The van der Waals surface area contributed by atoms with Gasteiger partial charge in [-0.25, -0.2) is 4.98 Å². The van der Waals surface area contributed by atoms with Crippen molar-refractivity contribution in [2.24, 2.45) is 5.73 Å². The smallest absolute Gasteiger partial charge is 0.269 e. The van der Waals surface area contributed by atoms with Crippen LogP contribution in [0.5, 0.6) is 0 Å². The van der Waals surface area contributed by atoms with E-state index in [2.05, 4.69) is 51.8 Å². The maximum absolute atomic E-state index is 12.4. The molecular weight excluding hydrogens is 390 g/mol. The number of fused-ring (bicyclic) bond motifs is 2. The Labute approximate surface area is 182 Å². The maximum atomic E-state index is 12.4. The largest absolute Gasteiger partial charge is 0.378 e. The van der Waals surface area contributed by atoms with Crippen molar-refractivity contribution in [1.82, 2.24) is 19.4 Å². The Morgan fingerprint density at radius 3 is 2.90 bits per heavy atom. The summed E-state index contributed by atoms with van der Waals surface area (Å²) >= 11 is 0. The number of amides is 1. The highest BCUT2D eigenvalue weighted by molar-refractivity contribution is 5.92. The number of imidazole rings is 1. The number of primary amides is 1. The summed E-state index contributed by atoms with van der Waals surface area (Å²) in [4.78, 5) is 23.0. The number of H-pyrrole nitrogens is 1. The molecule has 0 bridgehead atoms. The van der Waals surface area contributed by atoms with Crippen molar-refractivity contribution in [3.8, 4) is 0 Å². The molecule has 164 valence electrons. The molecule has 7 nitrogen and oxygen atoms in total. The van der Waals surface area contributed by atoms with Gasteiger partial charge in [0.25, 0.3) is 5.91 Å². The van der Waals surface area contributed by atoms with Gasteiger partial charge in [0, 0.05) is 36.1 Å². The summed E-state index contributed by atoms with van der Waals surface area (Å²) in [5.41, 5.74) is 9.76. The number of rotatable bonds is 8. The lowest BCUT2D eigenvalue weighted by Crippen LogP contribution is -2.51. The van der Waals surface area contributed by atoms with Crippen LogP contribution in [0.2, 0.25) is 0 Å². The molecule has 0 spiro atoms. The summed E-state index contributed by atoms with van der Waals surface area (Å²) < 4.78 is 7.66. The molecule has 1 saturated heterocycles. The molecule has 0 saturated carbocycles. The van der Waals surface area contributed by atoms with Gasteiger partial charge in [-0.3, -0.25) is 9.69 Å². The summed E-state index contributed by atoms with van der Waals surface area (Å²) in [5.74, 6) is 0.750. The number of aromatic amines is 1. The van der Waals surface area contributed by atoms with Crippen molar-refractivity contribution in [3.63, 3.8) is 0 Å². The number of nitrogens with zero attached hydrogens (tertiary/aromatic N) is 3. The van der Waals surface area contributed by atoms with Crippen molar-refractivity contribution in [2.75, 3.05) is 19.8 Å². The van der Waals surface area contributed by atoms with Crippen LogP contribution in [-0.4, -0.2) is 51.1 Å². The standard InChI is InChI=1S/C24H31N5O2/c1-2-3-6-16(11-17-12-26-20-8-5-4-7-19(17)20)23-22(24(25)30)27-21-13-28(9-10-29(21)23)18-14-31-15-18/h4-5,7-8,12,16,18,26H,2-3,6,9-11,13-15H2,1H3,(H2,25,30). The molecule has 31 heavy (non-hydrogen) atoms. The molecule has 3 aromatic rings. The van der Waals surface area contributed by atoms with E-state index in [1.807, 2.05) is 0 Å². The molecule has 2 aliphatic heterocycles. The van der Waals surface area contributed by atoms with Gasteiger partial charge in [0.1, 0.15) is 11.5 Å². The van der Waals surface area contributed by atoms with Crippen LogP contribution in [0, 0.1) is 0 Å². The fourth-order valence-corrected chi connectivity index (χ4v) is 5.07. The van der Waals surface area contributed by atoms with Gasteiger partial charge in [-0.15, -0.1) is 0 Å². The molecule has 3 N–H and O–H groups in total. The number of nitrogens with one attached hydrogen (secondary N) is 1. The number of para-hydroxylation sites is 1. The molecule has 2 aromatic heterocycles. The van der Waals surface area contributed by atoms with Crippen LogP contribution < -0.4 is 5.73 Å². The Balaban J connectivity index is 1.51. The zero-order chi connectivity index (χ0) is 21.4. The van der Waals surface area contributed by atoms with Crippen molar-refractivity contribution >= 4 is 16.8 Å². The van der Waals surface area contributed by atoms with Gasteiger partial charge in [0.2, 0.25) is 0 Å². The van der Waals surface area contributed by atoms with E-state index >= 15 is 0 Å².